The number of amides is 2. The largest absolute Gasteiger partial charge is 0.339 e. The number of piperazine rings is 1. The second-order valence-corrected chi connectivity index (χ2v) is 6.66. The van der Waals surface area contributed by atoms with E-state index in [2.05, 4.69) is 0 Å². The molecule has 0 bridgehead atoms. The van der Waals surface area contributed by atoms with Gasteiger partial charge < -0.3 is 15.5 Å². The Kier molecular flexibility index (Phi) is 5.14. The predicted molar refractivity (Wildman–Crippen MR) is 88.8 cm³/mol. The van der Waals surface area contributed by atoms with Crippen molar-refractivity contribution in [3.63, 3.8) is 0 Å². The van der Waals surface area contributed by atoms with E-state index in [9.17, 15) is 14.0 Å². The number of carbonyl (C=O) groups is 2. The number of nitrogens with zero attached hydrogens (tertiary/aromatic N) is 2. The summed E-state index contributed by atoms with van der Waals surface area (Å²) >= 11 is 0. The monoisotopic (exact) mass is 333 g/mol. The molecule has 5 nitrogen and oxygen atoms in total. The van der Waals surface area contributed by atoms with Crippen molar-refractivity contribution >= 4 is 11.8 Å². The molecule has 0 aromatic heterocycles. The Labute approximate surface area is 141 Å². The second kappa shape index (κ2) is 7.30. The van der Waals surface area contributed by atoms with E-state index in [-0.39, 0.29) is 23.5 Å². The molecular weight excluding hydrogens is 309 g/mol. The Balaban J connectivity index is 1.56. The van der Waals surface area contributed by atoms with Gasteiger partial charge in [0.1, 0.15) is 5.82 Å². The van der Waals surface area contributed by atoms with E-state index in [1.807, 2.05) is 4.90 Å². The van der Waals surface area contributed by atoms with Crippen LogP contribution in [0.25, 0.3) is 0 Å². The van der Waals surface area contributed by atoms with Crippen LogP contribution >= 0.6 is 0 Å². The standard InChI is InChI=1S/C18H24FN3O2/c19-15-6-4-13(5-7-15)17(23)21-8-10-22(11-9-21)18(24)16-3-1-2-14(16)12-20/h4-7,14,16H,1-3,8-12,20H2/t14-,16-/m1/s1. The first-order valence-corrected chi connectivity index (χ1v) is 8.64. The van der Waals surface area contributed by atoms with Gasteiger partial charge in [-0.2, -0.15) is 0 Å². The Morgan fingerprint density at radius 1 is 1.04 bits per heavy atom. The van der Waals surface area contributed by atoms with Gasteiger partial charge in [0.15, 0.2) is 0 Å². The Bertz CT molecular complexity index is 597. The number of carbonyl (C=O) groups excluding carboxylic acids is 2. The first-order valence-electron chi connectivity index (χ1n) is 8.64. The molecule has 1 aliphatic carbocycles. The molecule has 2 N–H and O–H groups in total. The first-order chi connectivity index (χ1) is 11.6. The average Bonchev–Trinajstić information content (AvgIpc) is 3.10. The zero-order valence-electron chi connectivity index (χ0n) is 13.8. The molecule has 1 aromatic rings. The number of hydrogen-bond donors (Lipinski definition) is 1. The molecule has 2 amide bonds. The van der Waals surface area contributed by atoms with Gasteiger partial charge in [0.05, 0.1) is 0 Å². The molecule has 2 atom stereocenters. The van der Waals surface area contributed by atoms with Crippen molar-refractivity contribution in [1.82, 2.24) is 9.80 Å². The molecule has 130 valence electrons. The van der Waals surface area contributed by atoms with Crippen LogP contribution in [0.3, 0.4) is 0 Å². The van der Waals surface area contributed by atoms with Crippen molar-refractivity contribution in [2.45, 2.75) is 19.3 Å². The Morgan fingerprint density at radius 3 is 2.29 bits per heavy atom. The summed E-state index contributed by atoms with van der Waals surface area (Å²) in [6.45, 7) is 2.71. The fourth-order valence-electron chi connectivity index (χ4n) is 3.78. The summed E-state index contributed by atoms with van der Waals surface area (Å²) in [4.78, 5) is 28.7. The second-order valence-electron chi connectivity index (χ2n) is 6.66. The van der Waals surface area contributed by atoms with Crippen LogP contribution in [0.5, 0.6) is 0 Å². The number of benzene rings is 1. The topological polar surface area (TPSA) is 66.6 Å². The van der Waals surface area contributed by atoms with Crippen LogP contribution in [-0.2, 0) is 4.79 Å². The Hall–Kier alpha value is -1.95. The quantitative estimate of drug-likeness (QED) is 0.911. The van der Waals surface area contributed by atoms with Crippen molar-refractivity contribution < 1.29 is 14.0 Å². The van der Waals surface area contributed by atoms with Crippen molar-refractivity contribution in [3.8, 4) is 0 Å². The van der Waals surface area contributed by atoms with Crippen LogP contribution in [0.1, 0.15) is 29.6 Å². The lowest BCUT2D eigenvalue weighted by molar-refractivity contribution is -0.138. The maximum absolute atomic E-state index is 13.0. The van der Waals surface area contributed by atoms with Gasteiger partial charge >= 0.3 is 0 Å². The molecule has 0 spiro atoms. The van der Waals surface area contributed by atoms with E-state index in [1.54, 1.807) is 4.90 Å². The minimum Gasteiger partial charge on any atom is -0.339 e. The predicted octanol–water partition coefficient (Wildman–Crippen LogP) is 1.49. The van der Waals surface area contributed by atoms with Gasteiger partial charge in [-0.1, -0.05) is 6.42 Å². The lowest BCUT2D eigenvalue weighted by Gasteiger charge is -2.36. The maximum Gasteiger partial charge on any atom is 0.253 e. The molecule has 1 aromatic carbocycles. The van der Waals surface area contributed by atoms with Gasteiger partial charge in [-0.3, -0.25) is 9.59 Å². The minimum absolute atomic E-state index is 0.0503. The van der Waals surface area contributed by atoms with E-state index in [4.69, 9.17) is 5.73 Å². The van der Waals surface area contributed by atoms with Crippen LogP contribution in [-0.4, -0.2) is 54.3 Å². The molecule has 0 radical (unpaired) electrons. The fraction of sp³-hybridized carbons (Fsp3) is 0.556. The number of nitrogens with two attached hydrogens (primary N) is 1. The highest BCUT2D eigenvalue weighted by Crippen LogP contribution is 2.32. The van der Waals surface area contributed by atoms with E-state index in [0.29, 0.717) is 44.2 Å². The third-order valence-corrected chi connectivity index (χ3v) is 5.25. The summed E-state index contributed by atoms with van der Waals surface area (Å²) in [5.74, 6) is 0.0818. The van der Waals surface area contributed by atoms with Crippen molar-refractivity contribution in [1.29, 1.82) is 0 Å². The first kappa shape index (κ1) is 16.9. The maximum atomic E-state index is 13.0. The highest BCUT2D eigenvalue weighted by molar-refractivity contribution is 5.94. The summed E-state index contributed by atoms with van der Waals surface area (Å²) in [5, 5.41) is 0. The van der Waals surface area contributed by atoms with Crippen LogP contribution in [0.2, 0.25) is 0 Å². The van der Waals surface area contributed by atoms with E-state index < -0.39 is 0 Å². The minimum atomic E-state index is -0.354. The zero-order chi connectivity index (χ0) is 17.1. The summed E-state index contributed by atoms with van der Waals surface area (Å²) in [6, 6.07) is 5.58. The summed E-state index contributed by atoms with van der Waals surface area (Å²) in [6.07, 6.45) is 3.03. The molecule has 24 heavy (non-hydrogen) atoms. The van der Waals surface area contributed by atoms with Gasteiger partial charge in [-0.25, -0.2) is 4.39 Å². The van der Waals surface area contributed by atoms with Crippen molar-refractivity contribution in [2.24, 2.45) is 17.6 Å². The average molecular weight is 333 g/mol. The van der Waals surface area contributed by atoms with Gasteiger partial charge in [0, 0.05) is 37.7 Å². The SMILES string of the molecule is NC[C@H]1CCC[C@H]1C(=O)N1CCN(C(=O)c2ccc(F)cc2)CC1. The lowest BCUT2D eigenvalue weighted by Crippen LogP contribution is -2.52. The molecule has 1 heterocycles. The molecule has 0 unspecified atom stereocenters. The summed E-state index contributed by atoms with van der Waals surface area (Å²) in [7, 11) is 0. The highest BCUT2D eigenvalue weighted by atomic mass is 19.1. The summed E-state index contributed by atoms with van der Waals surface area (Å²) < 4.78 is 13.0. The summed E-state index contributed by atoms with van der Waals surface area (Å²) in [5.41, 5.74) is 6.26. The van der Waals surface area contributed by atoms with Gasteiger partial charge in [-0.15, -0.1) is 0 Å². The van der Waals surface area contributed by atoms with Gasteiger partial charge in [0.25, 0.3) is 5.91 Å². The van der Waals surface area contributed by atoms with E-state index in [0.717, 1.165) is 19.3 Å². The van der Waals surface area contributed by atoms with E-state index >= 15 is 0 Å². The van der Waals surface area contributed by atoms with Crippen molar-refractivity contribution in [2.75, 3.05) is 32.7 Å². The molecule has 1 saturated heterocycles. The van der Waals surface area contributed by atoms with Crippen LogP contribution in [0, 0.1) is 17.7 Å². The zero-order valence-corrected chi connectivity index (χ0v) is 13.8. The van der Waals surface area contributed by atoms with Gasteiger partial charge in [-0.05, 0) is 49.6 Å². The lowest BCUT2D eigenvalue weighted by atomic mass is 9.94. The van der Waals surface area contributed by atoms with Crippen LogP contribution in [0.15, 0.2) is 24.3 Å². The number of halogens is 1. The smallest absolute Gasteiger partial charge is 0.253 e. The normalized spacial score (nSPS) is 24.2. The van der Waals surface area contributed by atoms with Crippen molar-refractivity contribution in [3.05, 3.63) is 35.6 Å². The molecule has 6 heteroatoms. The number of rotatable bonds is 3. The third-order valence-electron chi connectivity index (χ3n) is 5.25. The number of hydrogen-bond acceptors (Lipinski definition) is 3. The molecule has 1 aliphatic heterocycles. The van der Waals surface area contributed by atoms with Gasteiger partial charge in [0.2, 0.25) is 5.91 Å². The fourth-order valence-corrected chi connectivity index (χ4v) is 3.78. The van der Waals surface area contributed by atoms with Crippen LogP contribution < -0.4 is 5.73 Å². The van der Waals surface area contributed by atoms with E-state index in [1.165, 1.54) is 24.3 Å². The molecule has 2 fully saturated rings. The Morgan fingerprint density at radius 2 is 1.67 bits per heavy atom. The molecule has 1 saturated carbocycles. The third kappa shape index (κ3) is 3.43. The molecule has 2 aliphatic rings. The molecular formula is C18H24FN3O2. The van der Waals surface area contributed by atoms with Crippen LogP contribution in [0.4, 0.5) is 4.39 Å². The highest BCUT2D eigenvalue weighted by Gasteiger charge is 2.36. The molecule has 3 rings (SSSR count).